The van der Waals surface area contributed by atoms with Gasteiger partial charge in [-0.3, -0.25) is 9.59 Å². The van der Waals surface area contributed by atoms with Crippen LogP contribution in [0.1, 0.15) is 35.6 Å². The number of amides is 2. The van der Waals surface area contributed by atoms with Crippen molar-refractivity contribution in [2.45, 2.75) is 45.0 Å². The van der Waals surface area contributed by atoms with Crippen molar-refractivity contribution in [2.75, 3.05) is 32.1 Å². The standard InChI is InChI=1S/C31H36N6O3/c1-22-10-12-23(13-11-22)20-36(29(38)21-37-28-9-5-4-8-27(28)33-34-37)30(24-14-16-25(17-15-24)35(2)3)31(39)32-19-26-7-6-18-40-26/h4-5,8-17,26,30H,6-7,18-21H2,1-3H3,(H,32,39). The van der Waals surface area contributed by atoms with Crippen molar-refractivity contribution in [2.24, 2.45) is 0 Å². The van der Waals surface area contributed by atoms with Crippen LogP contribution in [0.25, 0.3) is 11.0 Å². The fourth-order valence-corrected chi connectivity index (χ4v) is 5.01. The van der Waals surface area contributed by atoms with E-state index in [-0.39, 0.29) is 31.0 Å². The number of anilines is 1. The van der Waals surface area contributed by atoms with Gasteiger partial charge in [-0.25, -0.2) is 4.68 Å². The molecule has 1 aliphatic rings. The summed E-state index contributed by atoms with van der Waals surface area (Å²) < 4.78 is 7.33. The van der Waals surface area contributed by atoms with E-state index in [4.69, 9.17) is 4.74 Å². The Morgan fingerprint density at radius 1 is 1.05 bits per heavy atom. The van der Waals surface area contributed by atoms with Crippen molar-refractivity contribution in [3.8, 4) is 0 Å². The summed E-state index contributed by atoms with van der Waals surface area (Å²) in [6.07, 6.45) is 1.89. The van der Waals surface area contributed by atoms with E-state index in [0.717, 1.165) is 40.7 Å². The maximum Gasteiger partial charge on any atom is 0.247 e. The number of fused-ring (bicyclic) bond motifs is 1. The van der Waals surface area contributed by atoms with Gasteiger partial charge in [-0.15, -0.1) is 5.10 Å². The second-order valence-electron chi connectivity index (χ2n) is 10.5. The molecule has 2 atom stereocenters. The lowest BCUT2D eigenvalue weighted by Crippen LogP contribution is -2.46. The highest BCUT2D eigenvalue weighted by Crippen LogP contribution is 2.27. The molecule has 0 bridgehead atoms. The highest BCUT2D eigenvalue weighted by molar-refractivity contribution is 5.89. The molecule has 0 radical (unpaired) electrons. The maximum atomic E-state index is 14.1. The topological polar surface area (TPSA) is 92.6 Å². The minimum absolute atomic E-state index is 0.0107. The summed E-state index contributed by atoms with van der Waals surface area (Å²) in [7, 11) is 3.94. The van der Waals surface area contributed by atoms with Crippen LogP contribution in [0.15, 0.2) is 72.8 Å². The Labute approximate surface area is 234 Å². The van der Waals surface area contributed by atoms with Gasteiger partial charge in [0.2, 0.25) is 11.8 Å². The predicted molar refractivity (Wildman–Crippen MR) is 155 cm³/mol. The van der Waals surface area contributed by atoms with Crippen molar-refractivity contribution >= 4 is 28.5 Å². The lowest BCUT2D eigenvalue weighted by molar-refractivity contribution is -0.142. The normalized spacial score (nSPS) is 15.6. The first-order valence-corrected chi connectivity index (χ1v) is 13.7. The van der Waals surface area contributed by atoms with Crippen LogP contribution in [0.5, 0.6) is 0 Å². The number of hydrogen-bond donors (Lipinski definition) is 1. The molecular formula is C31H36N6O3. The fraction of sp³-hybridized carbons (Fsp3) is 0.355. The summed E-state index contributed by atoms with van der Waals surface area (Å²) in [6, 6.07) is 22.5. The molecule has 2 heterocycles. The van der Waals surface area contributed by atoms with E-state index in [0.29, 0.717) is 18.7 Å². The zero-order chi connectivity index (χ0) is 28.1. The summed E-state index contributed by atoms with van der Waals surface area (Å²) in [5.41, 5.74) is 5.28. The van der Waals surface area contributed by atoms with Crippen LogP contribution in [0.2, 0.25) is 0 Å². The molecule has 2 unspecified atom stereocenters. The third-order valence-electron chi connectivity index (χ3n) is 7.31. The number of rotatable bonds is 10. The number of aromatic nitrogens is 3. The summed E-state index contributed by atoms with van der Waals surface area (Å²) in [4.78, 5) is 31.7. The van der Waals surface area contributed by atoms with E-state index < -0.39 is 6.04 Å². The van der Waals surface area contributed by atoms with E-state index in [2.05, 4.69) is 15.6 Å². The SMILES string of the molecule is Cc1ccc(CN(C(=O)Cn2nnc3ccccc32)C(C(=O)NCC2CCCO2)c2ccc(N(C)C)cc2)cc1. The Morgan fingerprint density at radius 3 is 2.50 bits per heavy atom. The first-order valence-electron chi connectivity index (χ1n) is 13.7. The predicted octanol–water partition coefficient (Wildman–Crippen LogP) is 3.87. The lowest BCUT2D eigenvalue weighted by atomic mass is 10.0. The second kappa shape index (κ2) is 12.3. The van der Waals surface area contributed by atoms with Crippen LogP contribution in [0.4, 0.5) is 5.69 Å². The Balaban J connectivity index is 1.50. The van der Waals surface area contributed by atoms with E-state index in [1.165, 1.54) is 0 Å². The summed E-state index contributed by atoms with van der Waals surface area (Å²) >= 11 is 0. The zero-order valence-corrected chi connectivity index (χ0v) is 23.3. The Kier molecular flexibility index (Phi) is 8.40. The van der Waals surface area contributed by atoms with Crippen LogP contribution in [0.3, 0.4) is 0 Å². The van der Waals surface area contributed by atoms with Gasteiger partial charge in [0.05, 0.1) is 11.6 Å². The maximum absolute atomic E-state index is 14.1. The van der Waals surface area contributed by atoms with Crippen LogP contribution in [-0.2, 0) is 27.4 Å². The highest BCUT2D eigenvalue weighted by atomic mass is 16.5. The first-order chi connectivity index (χ1) is 19.4. The van der Waals surface area contributed by atoms with Crippen LogP contribution in [0, 0.1) is 6.92 Å². The number of carbonyl (C=O) groups excluding carboxylic acids is 2. The molecular weight excluding hydrogens is 504 g/mol. The molecule has 0 saturated carbocycles. The Morgan fingerprint density at radius 2 is 1.80 bits per heavy atom. The lowest BCUT2D eigenvalue weighted by Gasteiger charge is -2.32. The summed E-state index contributed by atoms with van der Waals surface area (Å²) in [5.74, 6) is -0.470. The van der Waals surface area contributed by atoms with Gasteiger partial charge in [0.1, 0.15) is 18.1 Å². The van der Waals surface area contributed by atoms with Gasteiger partial charge in [-0.2, -0.15) is 0 Å². The number of nitrogens with one attached hydrogen (secondary N) is 1. The molecule has 4 aromatic rings. The molecule has 1 aliphatic heterocycles. The number of benzene rings is 3. The number of nitrogens with zero attached hydrogens (tertiary/aromatic N) is 5. The third-order valence-corrected chi connectivity index (χ3v) is 7.31. The molecule has 3 aromatic carbocycles. The Bertz CT molecular complexity index is 1440. The molecule has 40 heavy (non-hydrogen) atoms. The molecule has 9 heteroatoms. The number of hydrogen-bond acceptors (Lipinski definition) is 6. The van der Waals surface area contributed by atoms with Gasteiger partial charge in [0.25, 0.3) is 0 Å². The monoisotopic (exact) mass is 540 g/mol. The molecule has 2 amide bonds. The second-order valence-corrected chi connectivity index (χ2v) is 10.5. The van der Waals surface area contributed by atoms with Gasteiger partial charge in [-0.1, -0.05) is 59.3 Å². The van der Waals surface area contributed by atoms with E-state index >= 15 is 0 Å². The average molecular weight is 541 g/mol. The third kappa shape index (κ3) is 6.31. The molecule has 9 nitrogen and oxygen atoms in total. The first kappa shape index (κ1) is 27.3. The molecule has 0 aliphatic carbocycles. The molecule has 208 valence electrons. The van der Waals surface area contributed by atoms with Crippen LogP contribution >= 0.6 is 0 Å². The molecule has 1 saturated heterocycles. The minimum Gasteiger partial charge on any atom is -0.378 e. The van der Waals surface area contributed by atoms with Crippen molar-refractivity contribution in [1.82, 2.24) is 25.2 Å². The van der Waals surface area contributed by atoms with Gasteiger partial charge in [0, 0.05) is 39.5 Å². The minimum atomic E-state index is -0.846. The van der Waals surface area contributed by atoms with Gasteiger partial charge in [-0.05, 0) is 55.2 Å². The Hall–Kier alpha value is -4.24. The molecule has 1 aromatic heterocycles. The van der Waals surface area contributed by atoms with Crippen molar-refractivity contribution in [3.05, 3.63) is 89.5 Å². The number of aryl methyl sites for hydroxylation is 1. The van der Waals surface area contributed by atoms with Gasteiger partial charge in [0.15, 0.2) is 0 Å². The van der Waals surface area contributed by atoms with Gasteiger partial charge < -0.3 is 19.9 Å². The zero-order valence-electron chi connectivity index (χ0n) is 23.3. The summed E-state index contributed by atoms with van der Waals surface area (Å²) in [6.45, 7) is 3.36. The number of para-hydroxylation sites is 1. The van der Waals surface area contributed by atoms with Gasteiger partial charge >= 0.3 is 0 Å². The van der Waals surface area contributed by atoms with Crippen molar-refractivity contribution < 1.29 is 14.3 Å². The summed E-state index contributed by atoms with van der Waals surface area (Å²) in [5, 5.41) is 11.5. The average Bonchev–Trinajstić information content (AvgIpc) is 3.63. The molecule has 1 fully saturated rings. The molecule has 1 N–H and O–H groups in total. The van der Waals surface area contributed by atoms with E-state index in [1.54, 1.807) is 9.58 Å². The highest BCUT2D eigenvalue weighted by Gasteiger charge is 2.33. The van der Waals surface area contributed by atoms with Crippen molar-refractivity contribution in [3.63, 3.8) is 0 Å². The van der Waals surface area contributed by atoms with Crippen molar-refractivity contribution in [1.29, 1.82) is 0 Å². The fourth-order valence-electron chi connectivity index (χ4n) is 5.01. The van der Waals surface area contributed by atoms with E-state index in [9.17, 15) is 9.59 Å². The smallest absolute Gasteiger partial charge is 0.247 e. The quantitative estimate of drug-likeness (QED) is 0.328. The number of carbonyl (C=O) groups is 2. The molecule has 0 spiro atoms. The van der Waals surface area contributed by atoms with Crippen LogP contribution in [-0.4, -0.2) is 65.1 Å². The number of ether oxygens (including phenoxy) is 1. The molecule has 5 rings (SSSR count). The largest absolute Gasteiger partial charge is 0.378 e. The van der Waals surface area contributed by atoms with E-state index in [1.807, 2.05) is 98.7 Å². The van der Waals surface area contributed by atoms with Crippen LogP contribution < -0.4 is 10.2 Å².